The number of hydrogen-bond acceptors (Lipinski definition) is 5. The maximum Gasteiger partial charge on any atom is 0.257 e. The van der Waals surface area contributed by atoms with Crippen molar-refractivity contribution in [2.45, 2.75) is 12.1 Å². The predicted molar refractivity (Wildman–Crippen MR) is 99.2 cm³/mol. The van der Waals surface area contributed by atoms with Gasteiger partial charge >= 0.3 is 0 Å². The number of nitrogens with zero attached hydrogens (tertiary/aromatic N) is 2. The molecule has 3 aromatic rings. The highest BCUT2D eigenvalue weighted by Gasteiger charge is 2.08. The Morgan fingerprint density at radius 1 is 1.25 bits per heavy atom. The average molecular weight is 404 g/mol. The first-order chi connectivity index (χ1) is 11.6. The fourth-order valence-corrected chi connectivity index (χ4v) is 2.87. The van der Waals surface area contributed by atoms with Crippen molar-refractivity contribution < 1.29 is 9.21 Å². The Morgan fingerprint density at radius 3 is 2.75 bits per heavy atom. The number of nitrogens with one attached hydrogen (secondary N) is 1. The fraction of sp³-hybridized carbons (Fsp3) is 0.118. The summed E-state index contributed by atoms with van der Waals surface area (Å²) in [5, 5.41) is 4.59. The molecule has 2 aromatic carbocycles. The molecular formula is C17H14BrN3O2S. The van der Waals surface area contributed by atoms with Crippen molar-refractivity contribution in [3.05, 3.63) is 58.6 Å². The van der Waals surface area contributed by atoms with Crippen LogP contribution in [-0.2, 0) is 4.79 Å². The molecule has 0 aliphatic rings. The number of hydrogen-bond donors (Lipinski definition) is 1. The van der Waals surface area contributed by atoms with E-state index in [0.717, 1.165) is 21.3 Å². The molecule has 0 bridgehead atoms. The van der Waals surface area contributed by atoms with Crippen LogP contribution in [0.25, 0.3) is 11.1 Å². The molecule has 7 heteroatoms. The van der Waals surface area contributed by atoms with E-state index in [2.05, 4.69) is 31.4 Å². The van der Waals surface area contributed by atoms with Crippen molar-refractivity contribution in [2.75, 3.05) is 5.75 Å². The predicted octanol–water partition coefficient (Wildman–Crippen LogP) is 4.22. The second-order valence-corrected chi connectivity index (χ2v) is 6.82. The summed E-state index contributed by atoms with van der Waals surface area (Å²) in [4.78, 5) is 16.2. The molecule has 24 heavy (non-hydrogen) atoms. The Kier molecular flexibility index (Phi) is 5.32. The molecule has 0 aliphatic heterocycles. The number of para-hydroxylation sites is 2. The summed E-state index contributed by atoms with van der Waals surface area (Å²) in [6.45, 7) is 1.84. The van der Waals surface area contributed by atoms with E-state index in [9.17, 15) is 4.79 Å². The number of benzene rings is 2. The van der Waals surface area contributed by atoms with Crippen LogP contribution < -0.4 is 5.43 Å². The van der Waals surface area contributed by atoms with Crippen LogP contribution in [0.5, 0.6) is 0 Å². The number of fused-ring (bicyclic) bond motifs is 1. The summed E-state index contributed by atoms with van der Waals surface area (Å²) in [5.74, 6) is -0.0251. The van der Waals surface area contributed by atoms with Crippen LogP contribution in [0.4, 0.5) is 0 Å². The van der Waals surface area contributed by atoms with Crippen molar-refractivity contribution in [1.82, 2.24) is 10.4 Å². The fourth-order valence-electron chi connectivity index (χ4n) is 1.97. The molecule has 0 spiro atoms. The van der Waals surface area contributed by atoms with Gasteiger partial charge in [0.05, 0.1) is 11.5 Å². The number of halogens is 1. The third-order valence-corrected chi connectivity index (χ3v) is 4.57. The third kappa shape index (κ3) is 4.24. The standard InChI is InChI=1S/C17H14BrN3O2S/c1-11(12-6-8-13(18)9-7-12)20-21-16(22)10-24-17-19-14-4-2-3-5-15(14)23-17/h2-9H,10H2,1H3,(H,21,22)/b20-11-. The molecule has 0 saturated carbocycles. The van der Waals surface area contributed by atoms with Gasteiger partial charge in [-0.2, -0.15) is 5.10 Å². The van der Waals surface area contributed by atoms with Crippen LogP contribution in [0.15, 0.2) is 67.7 Å². The lowest BCUT2D eigenvalue weighted by Crippen LogP contribution is -2.21. The molecular weight excluding hydrogens is 390 g/mol. The molecule has 5 nitrogen and oxygen atoms in total. The number of oxazole rings is 1. The highest BCUT2D eigenvalue weighted by Crippen LogP contribution is 2.22. The first-order valence-corrected chi connectivity index (χ1v) is 8.97. The van der Waals surface area contributed by atoms with Gasteiger partial charge in [-0.15, -0.1) is 0 Å². The Balaban J connectivity index is 1.55. The summed E-state index contributed by atoms with van der Waals surface area (Å²) in [5.41, 5.74) is 5.73. The van der Waals surface area contributed by atoms with Crippen molar-refractivity contribution in [3.63, 3.8) is 0 Å². The average Bonchev–Trinajstić information content (AvgIpc) is 3.01. The Bertz CT molecular complexity index is 857. The van der Waals surface area contributed by atoms with Crippen LogP contribution in [-0.4, -0.2) is 22.4 Å². The van der Waals surface area contributed by atoms with Crippen molar-refractivity contribution in [2.24, 2.45) is 5.10 Å². The zero-order valence-corrected chi connectivity index (χ0v) is 15.2. The number of aromatic nitrogens is 1. The molecule has 0 atom stereocenters. The highest BCUT2D eigenvalue weighted by atomic mass is 79.9. The van der Waals surface area contributed by atoms with Gasteiger partial charge in [0.1, 0.15) is 5.52 Å². The van der Waals surface area contributed by atoms with Gasteiger partial charge in [0.25, 0.3) is 11.1 Å². The second-order valence-electron chi connectivity index (χ2n) is 4.98. The number of amides is 1. The van der Waals surface area contributed by atoms with Crippen LogP contribution in [0.3, 0.4) is 0 Å². The van der Waals surface area contributed by atoms with Gasteiger partial charge in [-0.25, -0.2) is 10.4 Å². The maximum absolute atomic E-state index is 11.9. The van der Waals surface area contributed by atoms with E-state index in [1.807, 2.05) is 55.5 Å². The van der Waals surface area contributed by atoms with E-state index >= 15 is 0 Å². The van der Waals surface area contributed by atoms with E-state index in [1.54, 1.807) is 0 Å². The van der Waals surface area contributed by atoms with E-state index in [0.29, 0.717) is 10.8 Å². The lowest BCUT2D eigenvalue weighted by Gasteiger charge is -2.02. The summed E-state index contributed by atoms with van der Waals surface area (Å²) in [7, 11) is 0. The van der Waals surface area contributed by atoms with Crippen molar-refractivity contribution in [3.8, 4) is 0 Å². The molecule has 1 amide bonds. The minimum atomic E-state index is -0.210. The molecule has 3 rings (SSSR count). The molecule has 1 heterocycles. The van der Waals surface area contributed by atoms with Gasteiger partial charge in [0, 0.05) is 4.47 Å². The number of thioether (sulfide) groups is 1. The van der Waals surface area contributed by atoms with Crippen LogP contribution in [0.1, 0.15) is 12.5 Å². The molecule has 0 aliphatic carbocycles. The largest absolute Gasteiger partial charge is 0.431 e. The van der Waals surface area contributed by atoms with E-state index < -0.39 is 0 Å². The Hall–Kier alpha value is -2.12. The Morgan fingerprint density at radius 2 is 2.00 bits per heavy atom. The lowest BCUT2D eigenvalue weighted by atomic mass is 10.1. The Labute approximate surface area is 151 Å². The molecule has 0 fully saturated rings. The minimum Gasteiger partial charge on any atom is -0.431 e. The second kappa shape index (κ2) is 7.63. The molecule has 1 aromatic heterocycles. The molecule has 0 saturated heterocycles. The SMILES string of the molecule is C/C(=N/NC(=O)CSc1nc2ccccc2o1)c1ccc(Br)cc1. The van der Waals surface area contributed by atoms with E-state index in [-0.39, 0.29) is 11.7 Å². The zero-order chi connectivity index (χ0) is 16.9. The first-order valence-electron chi connectivity index (χ1n) is 7.19. The summed E-state index contributed by atoms with van der Waals surface area (Å²) >= 11 is 4.62. The number of rotatable bonds is 5. The topological polar surface area (TPSA) is 67.5 Å². The lowest BCUT2D eigenvalue weighted by molar-refractivity contribution is -0.118. The van der Waals surface area contributed by atoms with Gasteiger partial charge < -0.3 is 4.42 Å². The van der Waals surface area contributed by atoms with Gasteiger partial charge in [-0.05, 0) is 36.8 Å². The van der Waals surface area contributed by atoms with Gasteiger partial charge in [0.2, 0.25) is 0 Å². The first kappa shape index (κ1) is 16.7. The van der Waals surface area contributed by atoms with Gasteiger partial charge in [-0.3, -0.25) is 4.79 Å². The summed E-state index contributed by atoms with van der Waals surface area (Å²) in [6, 6.07) is 15.2. The van der Waals surface area contributed by atoms with Crippen LogP contribution in [0.2, 0.25) is 0 Å². The van der Waals surface area contributed by atoms with E-state index in [1.165, 1.54) is 11.8 Å². The highest BCUT2D eigenvalue weighted by molar-refractivity contribution is 9.10. The smallest absolute Gasteiger partial charge is 0.257 e. The minimum absolute atomic E-state index is 0.184. The van der Waals surface area contributed by atoms with Crippen molar-refractivity contribution in [1.29, 1.82) is 0 Å². The molecule has 0 radical (unpaired) electrons. The maximum atomic E-state index is 11.9. The number of carbonyl (C=O) groups excluding carboxylic acids is 1. The van der Waals surface area contributed by atoms with Crippen LogP contribution >= 0.6 is 27.7 Å². The van der Waals surface area contributed by atoms with Gasteiger partial charge in [-0.1, -0.05) is 52.0 Å². The number of hydrazone groups is 1. The monoisotopic (exact) mass is 403 g/mol. The van der Waals surface area contributed by atoms with Crippen LogP contribution in [0, 0.1) is 0 Å². The normalized spacial score (nSPS) is 11.7. The van der Waals surface area contributed by atoms with Crippen molar-refractivity contribution >= 4 is 50.4 Å². The molecule has 0 unspecified atom stereocenters. The molecule has 1 N–H and O–H groups in total. The summed E-state index contributed by atoms with van der Waals surface area (Å²) < 4.78 is 6.55. The number of carbonyl (C=O) groups is 1. The third-order valence-electron chi connectivity index (χ3n) is 3.21. The van der Waals surface area contributed by atoms with Gasteiger partial charge in [0.15, 0.2) is 5.58 Å². The van der Waals surface area contributed by atoms with E-state index in [4.69, 9.17) is 4.42 Å². The zero-order valence-electron chi connectivity index (χ0n) is 12.8. The summed E-state index contributed by atoms with van der Waals surface area (Å²) in [6.07, 6.45) is 0. The molecule has 122 valence electrons. The quantitative estimate of drug-likeness (QED) is 0.393.